The third kappa shape index (κ3) is 5.46. The molecular formula is C30H38O3Si. The molecule has 0 radical (unpaired) electrons. The quantitative estimate of drug-likeness (QED) is 0.213. The molecule has 4 heteroatoms. The van der Waals surface area contributed by atoms with Gasteiger partial charge < -0.3 is 13.9 Å². The van der Waals surface area contributed by atoms with Crippen LogP contribution in [0.2, 0.25) is 5.04 Å². The third-order valence-electron chi connectivity index (χ3n) is 6.76. The maximum Gasteiger partial charge on any atom is 0.261 e. The zero-order valence-electron chi connectivity index (χ0n) is 21.2. The number of benzene rings is 3. The van der Waals surface area contributed by atoms with Crippen LogP contribution >= 0.6 is 0 Å². The molecule has 0 N–H and O–H groups in total. The highest BCUT2D eigenvalue weighted by molar-refractivity contribution is 6.99. The maximum absolute atomic E-state index is 7.01. The average Bonchev–Trinajstić information content (AvgIpc) is 3.67. The summed E-state index contributed by atoms with van der Waals surface area (Å²) < 4.78 is 18.6. The lowest BCUT2D eigenvalue weighted by Crippen LogP contribution is -2.66. The standard InChI is InChI=1S/C30H38O3Si/c1-29(2,3)34(26-14-8-6-9-15-26,27-16-10-7-11-17-27)32-22-12-13-24-18-20-25(21-19-24)33-30(4,5)28-23-31-28/h6-11,14-21,28H,12-13,22-23H2,1-5H3. The van der Waals surface area contributed by atoms with E-state index in [2.05, 4.69) is 120 Å². The number of epoxide rings is 1. The molecule has 0 spiro atoms. The van der Waals surface area contributed by atoms with E-state index in [1.165, 1.54) is 15.9 Å². The highest BCUT2D eigenvalue weighted by Crippen LogP contribution is 2.37. The lowest BCUT2D eigenvalue weighted by molar-refractivity contribution is 0.0744. The van der Waals surface area contributed by atoms with E-state index in [0.717, 1.165) is 31.8 Å². The van der Waals surface area contributed by atoms with E-state index in [1.807, 2.05) is 0 Å². The van der Waals surface area contributed by atoms with Gasteiger partial charge in [0.25, 0.3) is 8.32 Å². The minimum Gasteiger partial charge on any atom is -0.485 e. The molecule has 1 atom stereocenters. The lowest BCUT2D eigenvalue weighted by atomic mass is 10.1. The van der Waals surface area contributed by atoms with Crippen molar-refractivity contribution in [3.05, 3.63) is 90.5 Å². The number of aryl methyl sites for hydroxylation is 1. The number of hydrogen-bond acceptors (Lipinski definition) is 3. The van der Waals surface area contributed by atoms with Crippen LogP contribution in [0.25, 0.3) is 0 Å². The Morgan fingerprint density at radius 1 is 0.794 bits per heavy atom. The van der Waals surface area contributed by atoms with Crippen molar-refractivity contribution in [2.45, 2.75) is 64.2 Å². The van der Waals surface area contributed by atoms with Crippen molar-refractivity contribution in [2.24, 2.45) is 0 Å². The van der Waals surface area contributed by atoms with Gasteiger partial charge in [-0.05, 0) is 59.8 Å². The topological polar surface area (TPSA) is 31.0 Å². The van der Waals surface area contributed by atoms with Crippen LogP contribution in [0.5, 0.6) is 5.75 Å². The second-order valence-corrected chi connectivity index (χ2v) is 15.1. The summed E-state index contributed by atoms with van der Waals surface area (Å²) in [4.78, 5) is 0. The average molecular weight is 475 g/mol. The van der Waals surface area contributed by atoms with Gasteiger partial charge in [-0.3, -0.25) is 0 Å². The summed E-state index contributed by atoms with van der Waals surface area (Å²) in [5, 5.41) is 2.67. The van der Waals surface area contributed by atoms with E-state index in [0.29, 0.717) is 0 Å². The molecule has 0 aromatic heterocycles. The zero-order chi connectivity index (χ0) is 24.2. The Balaban J connectivity index is 1.44. The fourth-order valence-electron chi connectivity index (χ4n) is 4.81. The molecule has 1 aliphatic heterocycles. The van der Waals surface area contributed by atoms with Gasteiger partial charge in [-0.15, -0.1) is 0 Å². The van der Waals surface area contributed by atoms with Crippen LogP contribution in [-0.2, 0) is 15.6 Å². The molecule has 1 aliphatic rings. The molecule has 0 saturated carbocycles. The van der Waals surface area contributed by atoms with Gasteiger partial charge in [0.2, 0.25) is 0 Å². The molecule has 1 unspecified atom stereocenters. The van der Waals surface area contributed by atoms with Crippen LogP contribution in [0, 0.1) is 0 Å². The van der Waals surface area contributed by atoms with Crippen molar-refractivity contribution in [1.29, 1.82) is 0 Å². The molecule has 3 aromatic carbocycles. The number of ether oxygens (including phenoxy) is 2. The fourth-order valence-corrected chi connectivity index (χ4v) is 9.41. The summed E-state index contributed by atoms with van der Waals surface area (Å²) in [6.45, 7) is 12.7. The molecule has 1 heterocycles. The smallest absolute Gasteiger partial charge is 0.261 e. The summed E-state index contributed by atoms with van der Waals surface area (Å²) in [6, 6.07) is 30.2. The molecule has 1 saturated heterocycles. The minimum atomic E-state index is -2.46. The van der Waals surface area contributed by atoms with Crippen molar-refractivity contribution < 1.29 is 13.9 Å². The van der Waals surface area contributed by atoms with Gasteiger partial charge in [-0.1, -0.05) is 93.6 Å². The van der Waals surface area contributed by atoms with Crippen molar-refractivity contribution in [3.63, 3.8) is 0 Å². The highest BCUT2D eigenvalue weighted by atomic mass is 28.4. The molecular weight excluding hydrogens is 436 g/mol. The van der Waals surface area contributed by atoms with Crippen LogP contribution in [0.15, 0.2) is 84.9 Å². The van der Waals surface area contributed by atoms with Gasteiger partial charge in [-0.2, -0.15) is 0 Å². The van der Waals surface area contributed by atoms with E-state index in [1.54, 1.807) is 0 Å². The van der Waals surface area contributed by atoms with Crippen LogP contribution in [0.3, 0.4) is 0 Å². The molecule has 4 rings (SSSR count). The van der Waals surface area contributed by atoms with Crippen molar-refractivity contribution in [1.82, 2.24) is 0 Å². The molecule has 0 bridgehead atoms. The van der Waals surface area contributed by atoms with Gasteiger partial charge in [-0.25, -0.2) is 0 Å². The first kappa shape index (κ1) is 24.7. The molecule has 3 aromatic rings. The molecule has 0 amide bonds. The minimum absolute atomic E-state index is 0.00672. The fraction of sp³-hybridized carbons (Fsp3) is 0.400. The van der Waals surface area contributed by atoms with Crippen LogP contribution in [0.1, 0.15) is 46.6 Å². The van der Waals surface area contributed by atoms with Crippen molar-refractivity contribution >= 4 is 18.7 Å². The summed E-state index contributed by atoms with van der Waals surface area (Å²) in [6.07, 6.45) is 2.16. The molecule has 1 fully saturated rings. The van der Waals surface area contributed by atoms with Crippen molar-refractivity contribution in [2.75, 3.05) is 13.2 Å². The Bertz CT molecular complexity index is 996. The second-order valence-electron chi connectivity index (χ2n) is 10.8. The Kier molecular flexibility index (Phi) is 7.32. The van der Waals surface area contributed by atoms with E-state index >= 15 is 0 Å². The Hall–Kier alpha value is -2.40. The first-order chi connectivity index (χ1) is 16.2. The van der Waals surface area contributed by atoms with Crippen molar-refractivity contribution in [3.8, 4) is 5.75 Å². The van der Waals surface area contributed by atoms with Gasteiger partial charge in [0.05, 0.1) is 6.61 Å². The first-order valence-electron chi connectivity index (χ1n) is 12.4. The predicted octanol–water partition coefficient (Wildman–Crippen LogP) is 5.75. The molecule has 3 nitrogen and oxygen atoms in total. The predicted molar refractivity (Wildman–Crippen MR) is 143 cm³/mol. The number of hydrogen-bond donors (Lipinski definition) is 0. The van der Waals surface area contributed by atoms with E-state index < -0.39 is 8.32 Å². The summed E-state index contributed by atoms with van der Waals surface area (Å²) in [5.41, 5.74) is 1.02. The second kappa shape index (κ2) is 10.1. The lowest BCUT2D eigenvalue weighted by Gasteiger charge is -2.43. The van der Waals surface area contributed by atoms with Crippen LogP contribution < -0.4 is 15.1 Å². The monoisotopic (exact) mass is 474 g/mol. The normalized spacial score (nSPS) is 16.3. The van der Waals surface area contributed by atoms with E-state index in [4.69, 9.17) is 13.9 Å². The Morgan fingerprint density at radius 3 is 1.79 bits per heavy atom. The summed E-state index contributed by atoms with van der Waals surface area (Å²) in [7, 11) is -2.46. The van der Waals surface area contributed by atoms with Gasteiger partial charge in [0.15, 0.2) is 0 Å². The first-order valence-corrected chi connectivity index (χ1v) is 14.3. The maximum atomic E-state index is 7.01. The Labute approximate surface area is 206 Å². The van der Waals surface area contributed by atoms with Crippen LogP contribution in [0.4, 0.5) is 0 Å². The molecule has 34 heavy (non-hydrogen) atoms. The largest absolute Gasteiger partial charge is 0.485 e. The zero-order valence-corrected chi connectivity index (χ0v) is 22.2. The van der Waals surface area contributed by atoms with Gasteiger partial charge in [0, 0.05) is 6.61 Å². The third-order valence-corrected chi connectivity index (χ3v) is 11.8. The molecule has 0 aliphatic carbocycles. The van der Waals surface area contributed by atoms with E-state index in [-0.39, 0.29) is 16.7 Å². The summed E-state index contributed by atoms with van der Waals surface area (Å²) in [5.74, 6) is 0.896. The van der Waals surface area contributed by atoms with Crippen LogP contribution in [-0.4, -0.2) is 33.2 Å². The van der Waals surface area contributed by atoms with Gasteiger partial charge in [0.1, 0.15) is 17.5 Å². The Morgan fingerprint density at radius 2 is 1.32 bits per heavy atom. The SMILES string of the molecule is CC(C)(Oc1ccc(CCCO[Si](c2ccccc2)(c2ccccc2)C(C)(C)C)cc1)C1CO1. The highest BCUT2D eigenvalue weighted by Gasteiger charge is 2.50. The van der Waals surface area contributed by atoms with E-state index in [9.17, 15) is 0 Å². The molecule has 180 valence electrons. The summed E-state index contributed by atoms with van der Waals surface area (Å²) >= 11 is 0. The number of rotatable bonds is 10. The van der Waals surface area contributed by atoms with Gasteiger partial charge >= 0.3 is 0 Å².